The van der Waals surface area contributed by atoms with Gasteiger partial charge in [-0.15, -0.1) is 0 Å². The Morgan fingerprint density at radius 3 is 2.89 bits per heavy atom. The maximum Gasteiger partial charge on any atom is 0.205 e. The number of aliphatic imine (C=N–C) groups is 1. The van der Waals surface area contributed by atoms with Crippen LogP contribution in [0.25, 0.3) is 0 Å². The molecule has 2 rings (SSSR count). The molecule has 1 saturated carbocycles. The van der Waals surface area contributed by atoms with Crippen molar-refractivity contribution >= 4 is 5.96 Å². The number of nitrogens with two attached hydrogens (primary N) is 1. The van der Waals surface area contributed by atoms with Crippen molar-refractivity contribution in [2.75, 3.05) is 6.54 Å². The predicted octanol–water partition coefficient (Wildman–Crippen LogP) is 0.704. The minimum atomic E-state index is 0.516. The number of hydrogen-bond acceptors (Lipinski definition) is 3. The molecule has 1 aromatic rings. The summed E-state index contributed by atoms with van der Waals surface area (Å²) in [5, 5.41) is 7.53. The molecule has 0 saturated heterocycles. The first-order valence-corrected chi connectivity index (χ1v) is 7.03. The lowest BCUT2D eigenvalue weighted by Crippen LogP contribution is -2.47. The Hall–Kier alpha value is -1.56. The molecular formula is C13H24N6. The van der Waals surface area contributed by atoms with Crippen molar-refractivity contribution in [1.82, 2.24) is 20.5 Å². The number of nitrogens with zero attached hydrogens (tertiary/aromatic N) is 3. The third-order valence-electron chi connectivity index (χ3n) is 3.51. The second-order valence-electron chi connectivity index (χ2n) is 5.13. The molecule has 1 aliphatic carbocycles. The maximum atomic E-state index is 5.51. The largest absolute Gasteiger partial charge is 0.353 e. The van der Waals surface area contributed by atoms with Gasteiger partial charge in [-0.1, -0.05) is 19.3 Å². The average molecular weight is 264 g/mol. The molecule has 1 aromatic heterocycles. The monoisotopic (exact) mass is 264 g/mol. The third-order valence-corrected chi connectivity index (χ3v) is 3.51. The van der Waals surface area contributed by atoms with Crippen LogP contribution in [0.1, 0.15) is 37.7 Å². The first-order chi connectivity index (χ1) is 9.28. The zero-order valence-corrected chi connectivity index (χ0v) is 11.6. The minimum absolute atomic E-state index is 0.516. The van der Waals surface area contributed by atoms with Gasteiger partial charge < -0.3 is 5.32 Å². The smallest absolute Gasteiger partial charge is 0.205 e. The van der Waals surface area contributed by atoms with Gasteiger partial charge in [0.05, 0.1) is 6.20 Å². The van der Waals surface area contributed by atoms with E-state index in [1.807, 2.05) is 19.4 Å². The SMILES string of the molecule is Cn1cc(CCN=C(NN)NC2CCCCC2)cn1. The molecule has 0 radical (unpaired) electrons. The number of rotatable bonds is 4. The Morgan fingerprint density at radius 1 is 1.47 bits per heavy atom. The van der Waals surface area contributed by atoms with Gasteiger partial charge in [0.1, 0.15) is 0 Å². The lowest BCUT2D eigenvalue weighted by atomic mass is 9.96. The van der Waals surface area contributed by atoms with Gasteiger partial charge in [-0.05, 0) is 24.8 Å². The van der Waals surface area contributed by atoms with Gasteiger partial charge in [-0.25, -0.2) is 5.84 Å². The molecule has 1 aliphatic rings. The van der Waals surface area contributed by atoms with Crippen molar-refractivity contribution in [2.24, 2.45) is 17.9 Å². The molecule has 0 spiro atoms. The van der Waals surface area contributed by atoms with E-state index >= 15 is 0 Å². The van der Waals surface area contributed by atoms with Gasteiger partial charge >= 0.3 is 0 Å². The molecule has 1 fully saturated rings. The Bertz CT molecular complexity index is 405. The molecule has 6 nitrogen and oxygen atoms in total. The van der Waals surface area contributed by atoms with E-state index in [-0.39, 0.29) is 0 Å². The van der Waals surface area contributed by atoms with Crippen LogP contribution in [0.15, 0.2) is 17.4 Å². The van der Waals surface area contributed by atoms with E-state index < -0.39 is 0 Å². The Morgan fingerprint density at radius 2 is 2.26 bits per heavy atom. The Kier molecular flexibility index (Phi) is 5.20. The summed E-state index contributed by atoms with van der Waals surface area (Å²) in [6.07, 6.45) is 11.1. The quantitative estimate of drug-likeness (QED) is 0.324. The van der Waals surface area contributed by atoms with Crippen LogP contribution < -0.4 is 16.6 Å². The number of aromatic nitrogens is 2. The van der Waals surface area contributed by atoms with Gasteiger partial charge in [0, 0.05) is 25.8 Å². The zero-order valence-electron chi connectivity index (χ0n) is 11.6. The molecular weight excluding hydrogens is 240 g/mol. The van der Waals surface area contributed by atoms with Crippen molar-refractivity contribution < 1.29 is 0 Å². The molecule has 0 atom stereocenters. The van der Waals surface area contributed by atoms with Crippen LogP contribution >= 0.6 is 0 Å². The van der Waals surface area contributed by atoms with E-state index in [0.29, 0.717) is 18.5 Å². The number of hydrogen-bond donors (Lipinski definition) is 3. The molecule has 6 heteroatoms. The van der Waals surface area contributed by atoms with Gasteiger partial charge in [-0.3, -0.25) is 15.1 Å². The third kappa shape index (κ3) is 4.55. The second-order valence-corrected chi connectivity index (χ2v) is 5.13. The second kappa shape index (κ2) is 7.13. The van der Waals surface area contributed by atoms with E-state index in [1.54, 1.807) is 4.68 Å². The highest BCUT2D eigenvalue weighted by Crippen LogP contribution is 2.17. The lowest BCUT2D eigenvalue weighted by molar-refractivity contribution is 0.410. The summed E-state index contributed by atoms with van der Waals surface area (Å²) in [7, 11) is 1.92. The van der Waals surface area contributed by atoms with Crippen molar-refractivity contribution in [1.29, 1.82) is 0 Å². The van der Waals surface area contributed by atoms with Crippen LogP contribution in [-0.2, 0) is 13.5 Å². The standard InChI is InChI=1S/C13H24N6/c1-19-10-11(9-16-19)7-8-15-13(18-14)17-12-5-3-2-4-6-12/h9-10,12H,2-8,14H2,1H3,(H2,15,17,18). The molecule has 0 aliphatic heterocycles. The molecule has 0 unspecified atom stereocenters. The molecule has 0 amide bonds. The number of aryl methyl sites for hydroxylation is 1. The first kappa shape index (κ1) is 13.9. The van der Waals surface area contributed by atoms with Crippen LogP contribution in [0.5, 0.6) is 0 Å². The number of nitrogens with one attached hydrogen (secondary N) is 2. The van der Waals surface area contributed by atoms with Crippen LogP contribution in [-0.4, -0.2) is 28.3 Å². The van der Waals surface area contributed by atoms with E-state index in [1.165, 1.54) is 37.7 Å². The lowest BCUT2D eigenvalue weighted by Gasteiger charge is -2.24. The fourth-order valence-corrected chi connectivity index (χ4v) is 2.47. The topological polar surface area (TPSA) is 80.3 Å². The van der Waals surface area contributed by atoms with Crippen LogP contribution in [0, 0.1) is 0 Å². The van der Waals surface area contributed by atoms with Gasteiger partial charge in [0.25, 0.3) is 0 Å². The van der Waals surface area contributed by atoms with Crippen molar-refractivity contribution in [3.8, 4) is 0 Å². The molecule has 0 bridgehead atoms. The first-order valence-electron chi connectivity index (χ1n) is 7.03. The molecule has 19 heavy (non-hydrogen) atoms. The highest BCUT2D eigenvalue weighted by atomic mass is 15.3. The van der Waals surface area contributed by atoms with Gasteiger partial charge in [-0.2, -0.15) is 5.10 Å². The maximum absolute atomic E-state index is 5.51. The molecule has 106 valence electrons. The van der Waals surface area contributed by atoms with Crippen LogP contribution in [0.3, 0.4) is 0 Å². The van der Waals surface area contributed by atoms with E-state index in [0.717, 1.165) is 6.42 Å². The van der Waals surface area contributed by atoms with E-state index in [9.17, 15) is 0 Å². The number of hydrazine groups is 1. The van der Waals surface area contributed by atoms with Gasteiger partial charge in [0.15, 0.2) is 0 Å². The van der Waals surface area contributed by atoms with Crippen molar-refractivity contribution in [3.05, 3.63) is 18.0 Å². The molecule has 1 heterocycles. The highest BCUT2D eigenvalue weighted by molar-refractivity contribution is 5.79. The van der Waals surface area contributed by atoms with Crippen molar-refractivity contribution in [3.63, 3.8) is 0 Å². The summed E-state index contributed by atoms with van der Waals surface area (Å²) >= 11 is 0. The summed E-state index contributed by atoms with van der Waals surface area (Å²) in [5.74, 6) is 6.22. The highest BCUT2D eigenvalue weighted by Gasteiger charge is 2.13. The fourth-order valence-electron chi connectivity index (χ4n) is 2.47. The Labute approximate surface area is 114 Å². The number of guanidine groups is 1. The normalized spacial score (nSPS) is 17.5. The molecule has 0 aromatic carbocycles. The summed E-state index contributed by atoms with van der Waals surface area (Å²) < 4.78 is 1.81. The summed E-state index contributed by atoms with van der Waals surface area (Å²) in [5.41, 5.74) is 3.85. The molecule has 4 N–H and O–H groups in total. The zero-order chi connectivity index (χ0) is 13.5. The van der Waals surface area contributed by atoms with Crippen LogP contribution in [0.2, 0.25) is 0 Å². The Balaban J connectivity index is 1.77. The van der Waals surface area contributed by atoms with Crippen LogP contribution in [0.4, 0.5) is 0 Å². The summed E-state index contributed by atoms with van der Waals surface area (Å²) in [6, 6.07) is 0.516. The van der Waals surface area contributed by atoms with E-state index in [2.05, 4.69) is 20.8 Å². The van der Waals surface area contributed by atoms with E-state index in [4.69, 9.17) is 5.84 Å². The average Bonchev–Trinajstić information content (AvgIpc) is 2.84. The summed E-state index contributed by atoms with van der Waals surface area (Å²) in [6.45, 7) is 0.713. The van der Waals surface area contributed by atoms with Crippen molar-refractivity contribution in [2.45, 2.75) is 44.6 Å². The summed E-state index contributed by atoms with van der Waals surface area (Å²) in [4.78, 5) is 4.47. The minimum Gasteiger partial charge on any atom is -0.353 e. The van der Waals surface area contributed by atoms with Gasteiger partial charge in [0.2, 0.25) is 5.96 Å². The predicted molar refractivity (Wildman–Crippen MR) is 76.5 cm³/mol. The fraction of sp³-hybridized carbons (Fsp3) is 0.692.